The molecule has 1 aliphatic heterocycles. The molecule has 0 bridgehead atoms. The van der Waals surface area contributed by atoms with Crippen LogP contribution in [0, 0.1) is 0 Å². The molecule has 1 aromatic carbocycles. The maximum absolute atomic E-state index is 4.13. The molecular formula is C9H8BrN3. The number of hydrazine groups is 1. The van der Waals surface area contributed by atoms with Crippen molar-refractivity contribution < 1.29 is 0 Å². The van der Waals surface area contributed by atoms with E-state index in [1.165, 1.54) is 0 Å². The van der Waals surface area contributed by atoms with Gasteiger partial charge in [0.1, 0.15) is 0 Å². The molecule has 1 N–H and O–H groups in total. The van der Waals surface area contributed by atoms with Gasteiger partial charge in [-0.3, -0.25) is 5.43 Å². The van der Waals surface area contributed by atoms with Gasteiger partial charge in [0.05, 0.1) is 11.9 Å². The van der Waals surface area contributed by atoms with E-state index in [0.717, 1.165) is 10.2 Å². The van der Waals surface area contributed by atoms with E-state index in [1.807, 2.05) is 36.5 Å². The van der Waals surface area contributed by atoms with Gasteiger partial charge in [-0.1, -0.05) is 22.0 Å². The number of nitrogens with zero attached hydrogens (tertiary/aromatic N) is 2. The summed E-state index contributed by atoms with van der Waals surface area (Å²) in [6.07, 6.45) is 5.40. The summed E-state index contributed by atoms with van der Waals surface area (Å²) in [5, 5.41) is 5.83. The van der Waals surface area contributed by atoms with E-state index in [-0.39, 0.29) is 0 Å². The molecule has 13 heavy (non-hydrogen) atoms. The Hall–Kier alpha value is -1.29. The second-order valence-electron chi connectivity index (χ2n) is 2.54. The maximum Gasteiger partial charge on any atom is 0.0845 e. The average Bonchev–Trinajstić information content (AvgIpc) is 2.19. The van der Waals surface area contributed by atoms with E-state index in [1.54, 1.807) is 11.3 Å². The summed E-state index contributed by atoms with van der Waals surface area (Å²) in [5.74, 6) is 0. The zero-order valence-electron chi connectivity index (χ0n) is 6.81. The fourth-order valence-electron chi connectivity index (χ4n) is 1.04. The zero-order valence-corrected chi connectivity index (χ0v) is 8.40. The van der Waals surface area contributed by atoms with Gasteiger partial charge in [-0.05, 0) is 24.3 Å². The number of hydrogen-bond acceptors (Lipinski definition) is 3. The molecule has 3 nitrogen and oxygen atoms in total. The fourth-order valence-corrected chi connectivity index (χ4v) is 1.43. The Balaban J connectivity index is 2.25. The van der Waals surface area contributed by atoms with Crippen molar-refractivity contribution in [3.63, 3.8) is 0 Å². The molecule has 1 aliphatic rings. The minimum atomic E-state index is 0.995. The first-order valence-electron chi connectivity index (χ1n) is 3.87. The summed E-state index contributed by atoms with van der Waals surface area (Å²) >= 11 is 3.40. The van der Waals surface area contributed by atoms with Crippen molar-refractivity contribution in [2.75, 3.05) is 5.12 Å². The number of hydrazone groups is 1. The Morgan fingerprint density at radius 2 is 2.31 bits per heavy atom. The summed E-state index contributed by atoms with van der Waals surface area (Å²) in [5.41, 5.74) is 3.99. The van der Waals surface area contributed by atoms with Crippen molar-refractivity contribution in [3.8, 4) is 0 Å². The zero-order chi connectivity index (χ0) is 9.10. The Morgan fingerprint density at radius 1 is 1.38 bits per heavy atom. The second-order valence-corrected chi connectivity index (χ2v) is 3.46. The molecule has 4 heteroatoms. The van der Waals surface area contributed by atoms with Crippen LogP contribution in [0.4, 0.5) is 5.69 Å². The van der Waals surface area contributed by atoms with Gasteiger partial charge in [0.2, 0.25) is 0 Å². The number of rotatable bonds is 1. The van der Waals surface area contributed by atoms with E-state index in [0.29, 0.717) is 0 Å². The van der Waals surface area contributed by atoms with Gasteiger partial charge in [0.25, 0.3) is 0 Å². The molecule has 0 atom stereocenters. The first kappa shape index (κ1) is 8.31. The lowest BCUT2D eigenvalue weighted by atomic mass is 10.3. The first-order chi connectivity index (χ1) is 6.36. The average molecular weight is 238 g/mol. The van der Waals surface area contributed by atoms with Gasteiger partial charge in [0.15, 0.2) is 0 Å². The van der Waals surface area contributed by atoms with Crippen LogP contribution in [0.15, 0.2) is 46.1 Å². The number of nitrogens with one attached hydrogen (secondary N) is 1. The van der Waals surface area contributed by atoms with Crippen molar-refractivity contribution in [1.82, 2.24) is 5.43 Å². The normalized spacial score (nSPS) is 14.4. The van der Waals surface area contributed by atoms with E-state index < -0.39 is 0 Å². The molecule has 0 spiro atoms. The van der Waals surface area contributed by atoms with E-state index >= 15 is 0 Å². The number of benzene rings is 1. The van der Waals surface area contributed by atoms with E-state index in [2.05, 4.69) is 26.5 Å². The Labute approximate surface area is 84.8 Å². The lowest BCUT2D eigenvalue weighted by molar-refractivity contribution is 0.774. The standard InChI is InChI=1S/C9H8BrN3/c10-8-3-1-4-9(7-8)13-11-5-2-6-12-13/h1-7,11H. The van der Waals surface area contributed by atoms with Crippen LogP contribution in [0.2, 0.25) is 0 Å². The molecule has 66 valence electrons. The van der Waals surface area contributed by atoms with E-state index in [4.69, 9.17) is 0 Å². The summed E-state index contributed by atoms with van der Waals surface area (Å²) in [4.78, 5) is 0. The van der Waals surface area contributed by atoms with Crippen LogP contribution in [-0.4, -0.2) is 6.21 Å². The molecule has 0 radical (unpaired) electrons. The second kappa shape index (κ2) is 3.62. The minimum absolute atomic E-state index is 0.995. The molecule has 1 aromatic rings. The van der Waals surface area contributed by atoms with Gasteiger partial charge in [0, 0.05) is 10.7 Å². The summed E-state index contributed by atoms with van der Waals surface area (Å²) < 4.78 is 1.04. The number of anilines is 1. The highest BCUT2D eigenvalue weighted by Gasteiger charge is 2.03. The summed E-state index contributed by atoms with van der Waals surface area (Å²) in [7, 11) is 0. The molecule has 1 heterocycles. The first-order valence-corrected chi connectivity index (χ1v) is 4.66. The van der Waals surface area contributed by atoms with Crippen molar-refractivity contribution in [3.05, 3.63) is 41.0 Å². The van der Waals surface area contributed by atoms with Gasteiger partial charge in [-0.2, -0.15) is 10.2 Å². The molecular weight excluding hydrogens is 230 g/mol. The van der Waals surface area contributed by atoms with Gasteiger partial charge in [-0.15, -0.1) is 0 Å². The highest BCUT2D eigenvalue weighted by atomic mass is 79.9. The predicted octanol–water partition coefficient (Wildman–Crippen LogP) is 2.27. The predicted molar refractivity (Wildman–Crippen MR) is 57.4 cm³/mol. The smallest absolute Gasteiger partial charge is 0.0845 e. The molecule has 0 amide bonds. The highest BCUT2D eigenvalue weighted by Crippen LogP contribution is 2.19. The molecule has 0 saturated carbocycles. The molecule has 0 fully saturated rings. The van der Waals surface area contributed by atoms with Gasteiger partial charge < -0.3 is 0 Å². The van der Waals surface area contributed by atoms with E-state index in [9.17, 15) is 0 Å². The minimum Gasteiger partial charge on any atom is -0.285 e. The molecule has 0 aromatic heterocycles. The van der Waals surface area contributed by atoms with Gasteiger partial charge in [-0.25, -0.2) is 0 Å². The summed E-state index contributed by atoms with van der Waals surface area (Å²) in [6.45, 7) is 0. The van der Waals surface area contributed by atoms with Crippen LogP contribution < -0.4 is 10.5 Å². The van der Waals surface area contributed by atoms with Crippen molar-refractivity contribution in [2.24, 2.45) is 5.10 Å². The van der Waals surface area contributed by atoms with Crippen LogP contribution in [0.3, 0.4) is 0 Å². The number of hydrogen-bond donors (Lipinski definition) is 1. The molecule has 0 aliphatic carbocycles. The van der Waals surface area contributed by atoms with Crippen LogP contribution in [0.25, 0.3) is 0 Å². The van der Waals surface area contributed by atoms with Crippen molar-refractivity contribution >= 4 is 27.8 Å². The number of allylic oxidation sites excluding steroid dienone is 1. The summed E-state index contributed by atoms with van der Waals surface area (Å²) in [6, 6.07) is 7.92. The third-order valence-electron chi connectivity index (χ3n) is 1.61. The molecule has 0 unspecified atom stereocenters. The van der Waals surface area contributed by atoms with Crippen LogP contribution in [-0.2, 0) is 0 Å². The van der Waals surface area contributed by atoms with Crippen LogP contribution in [0.5, 0.6) is 0 Å². The maximum atomic E-state index is 4.13. The van der Waals surface area contributed by atoms with Crippen LogP contribution >= 0.6 is 15.9 Å². The molecule has 2 rings (SSSR count). The fraction of sp³-hybridized carbons (Fsp3) is 0. The van der Waals surface area contributed by atoms with Crippen LogP contribution in [0.1, 0.15) is 0 Å². The number of halogens is 1. The Morgan fingerprint density at radius 3 is 3.00 bits per heavy atom. The molecule has 0 saturated heterocycles. The Bertz CT molecular complexity index is 360. The van der Waals surface area contributed by atoms with Gasteiger partial charge >= 0.3 is 0 Å². The largest absolute Gasteiger partial charge is 0.285 e. The lowest BCUT2D eigenvalue weighted by Gasteiger charge is -2.20. The lowest BCUT2D eigenvalue weighted by Crippen LogP contribution is -2.30. The van der Waals surface area contributed by atoms with Crippen molar-refractivity contribution in [1.29, 1.82) is 0 Å². The topological polar surface area (TPSA) is 27.6 Å². The third kappa shape index (κ3) is 1.89. The monoisotopic (exact) mass is 237 g/mol. The SMILES string of the molecule is Brc1cccc(N2N=CC=CN2)c1. The highest BCUT2D eigenvalue weighted by molar-refractivity contribution is 9.10. The Kier molecular flexibility index (Phi) is 2.31. The third-order valence-corrected chi connectivity index (χ3v) is 2.11. The quantitative estimate of drug-likeness (QED) is 0.812. The van der Waals surface area contributed by atoms with Crippen molar-refractivity contribution in [2.45, 2.75) is 0 Å².